The van der Waals surface area contributed by atoms with Gasteiger partial charge in [0.05, 0.1) is 0 Å². The first-order valence-electron chi connectivity index (χ1n) is 8.53. The monoisotopic (exact) mass is 614 g/mol. The van der Waals surface area contributed by atoms with Crippen LogP contribution in [0, 0.1) is 26.0 Å². The molecule has 4 heteroatoms. The Balaban J connectivity index is 0.00000131. The van der Waals surface area contributed by atoms with Gasteiger partial charge in [-0.25, -0.2) is 0 Å². The van der Waals surface area contributed by atoms with Crippen LogP contribution in [0.2, 0.25) is 0 Å². The van der Waals surface area contributed by atoms with Crippen LogP contribution in [0.1, 0.15) is 29.2 Å². The topological polar surface area (TPSA) is 24.4 Å². The fourth-order valence-corrected chi connectivity index (χ4v) is 3.42. The van der Waals surface area contributed by atoms with Gasteiger partial charge in [-0.1, -0.05) is 55.1 Å². The number of hydrogen-bond acceptors (Lipinski definition) is 2. The van der Waals surface area contributed by atoms with Gasteiger partial charge in [0.1, 0.15) is 0 Å². The maximum absolute atomic E-state index is 4.70. The Hall–Kier alpha value is -1.58. The van der Waals surface area contributed by atoms with Gasteiger partial charge in [0.2, 0.25) is 0 Å². The summed E-state index contributed by atoms with van der Waals surface area (Å²) in [5, 5.41) is 3.51. The largest absolute Gasteiger partial charge is 0.429 e. The predicted molar refractivity (Wildman–Crippen MR) is 105 cm³/mol. The van der Waals surface area contributed by atoms with Crippen molar-refractivity contribution in [2.45, 2.75) is 27.3 Å². The van der Waals surface area contributed by atoms with E-state index in [0.717, 1.165) is 33.8 Å². The van der Waals surface area contributed by atoms with E-state index in [2.05, 4.69) is 80.7 Å². The van der Waals surface area contributed by atoms with Crippen molar-refractivity contribution in [1.82, 2.24) is 0 Å². The summed E-state index contributed by atoms with van der Waals surface area (Å²) in [6, 6.07) is 23.6. The van der Waals surface area contributed by atoms with Crippen LogP contribution in [0.25, 0.3) is 11.1 Å². The molecule has 0 bridgehead atoms. The van der Waals surface area contributed by atoms with E-state index in [1.54, 1.807) is 0 Å². The maximum atomic E-state index is 4.70. The fourth-order valence-electron chi connectivity index (χ4n) is 3.42. The number of nitrogens with zero attached hydrogens (tertiary/aromatic N) is 1. The summed E-state index contributed by atoms with van der Waals surface area (Å²) < 4.78 is 0. The number of hydrogen-bond donors (Lipinski definition) is 1. The van der Waals surface area contributed by atoms with Gasteiger partial charge < -0.3 is 5.32 Å². The quantitative estimate of drug-likeness (QED) is 0.294. The molecule has 3 aromatic carbocycles. The summed E-state index contributed by atoms with van der Waals surface area (Å²) in [6.45, 7) is 6.89. The van der Waals surface area contributed by atoms with E-state index < -0.39 is 0 Å². The molecule has 1 aliphatic rings. The average molecular weight is 614 g/mol. The Kier molecular flexibility index (Phi) is 7.29. The average Bonchev–Trinajstić information content (AvgIpc) is 2.72. The first kappa shape index (κ1) is 21.7. The van der Waals surface area contributed by atoms with Gasteiger partial charge in [0.25, 0.3) is 0 Å². The number of fused-ring (bicyclic) bond motifs is 3. The molecule has 0 saturated heterocycles. The van der Waals surface area contributed by atoms with Crippen LogP contribution in [0.5, 0.6) is 0 Å². The molecule has 1 heterocycles. The second-order valence-corrected chi connectivity index (χ2v) is 6.59. The van der Waals surface area contributed by atoms with Crippen LogP contribution in [0.4, 0.5) is 11.4 Å². The van der Waals surface area contributed by atoms with Gasteiger partial charge in [-0.15, -0.1) is 29.3 Å². The zero-order chi connectivity index (χ0) is 17.4. The number of rotatable bonds is 2. The van der Waals surface area contributed by atoms with Crippen molar-refractivity contribution in [3.05, 3.63) is 82.9 Å². The number of nitrogens with one attached hydrogen (secondary N) is 1. The molecule has 0 atom stereocenters. The second kappa shape index (κ2) is 9.07. The van der Waals surface area contributed by atoms with Crippen LogP contribution in [0.3, 0.4) is 0 Å². The van der Waals surface area contributed by atoms with Crippen LogP contribution in [-0.2, 0) is 46.4 Å². The van der Waals surface area contributed by atoms with E-state index in [1.165, 1.54) is 16.7 Å². The van der Waals surface area contributed by atoms with Gasteiger partial charge in [-0.3, -0.25) is 4.99 Å². The van der Waals surface area contributed by atoms with Crippen molar-refractivity contribution in [3.63, 3.8) is 0 Å². The molecule has 0 saturated carbocycles. The summed E-state index contributed by atoms with van der Waals surface area (Å²) in [7, 11) is 0. The Bertz CT molecular complexity index is 975. The summed E-state index contributed by atoms with van der Waals surface area (Å²) in [4.78, 5) is 4.70. The number of anilines is 2. The van der Waals surface area contributed by atoms with Crippen molar-refractivity contribution in [2.75, 3.05) is 5.32 Å². The summed E-state index contributed by atoms with van der Waals surface area (Å²) >= 11 is 0. The molecule has 0 unspecified atom stereocenters. The molecule has 1 N–H and O–H groups in total. The minimum Gasteiger partial charge on any atom is -0.429 e. The zero-order valence-corrected chi connectivity index (χ0v) is 19.8. The third-order valence-corrected chi connectivity index (χ3v) is 4.54. The summed E-state index contributed by atoms with van der Waals surface area (Å²) in [5.41, 5.74) is 10.2. The summed E-state index contributed by atoms with van der Waals surface area (Å²) in [6.07, 6.45) is 0. The Morgan fingerprint density at radius 3 is 2.26 bits per heavy atom. The zero-order valence-electron chi connectivity index (χ0n) is 15.5. The van der Waals surface area contributed by atoms with E-state index in [-0.39, 0.29) is 39.9 Å². The SMILES string of the molecule is CC1=NCc2[c-]cc(Nc3cc(C)[c-]c(C)c3)cc2-c2ccccc21.[Re].[Rh]. The standard InChI is InChI=1S/C23H20N2.Re.Rh/c1-15-10-16(2)12-20(11-15)25-19-9-8-18-14-24-17(3)21-6-4-5-7-22(21)23(18)13-19;;/h4-7,9,11-13,25H,14H2,1-3H3;;/q-2;;. The molecule has 2 radical (unpaired) electrons. The number of aryl methyl sites for hydroxylation is 2. The van der Waals surface area contributed by atoms with Gasteiger partial charge >= 0.3 is 0 Å². The first-order chi connectivity index (χ1) is 12.1. The normalized spacial score (nSPS) is 11.7. The second-order valence-electron chi connectivity index (χ2n) is 6.59. The van der Waals surface area contributed by atoms with Crippen molar-refractivity contribution >= 4 is 17.1 Å². The van der Waals surface area contributed by atoms with Gasteiger partial charge in [0.15, 0.2) is 0 Å². The molecular formula is C23H20N2ReRh-2. The molecule has 4 rings (SSSR count). The van der Waals surface area contributed by atoms with Gasteiger partial charge in [-0.2, -0.15) is 29.3 Å². The summed E-state index contributed by atoms with van der Waals surface area (Å²) in [5.74, 6) is 0. The Morgan fingerprint density at radius 2 is 1.56 bits per heavy atom. The molecule has 3 aromatic rings. The van der Waals surface area contributed by atoms with E-state index in [0.29, 0.717) is 6.54 Å². The minimum absolute atomic E-state index is 0. The molecule has 0 aromatic heterocycles. The number of benzene rings is 3. The van der Waals surface area contributed by atoms with Crippen molar-refractivity contribution < 1.29 is 39.9 Å². The van der Waals surface area contributed by atoms with Gasteiger partial charge in [0, 0.05) is 52.2 Å². The minimum atomic E-state index is 0. The van der Waals surface area contributed by atoms with Gasteiger partial charge in [-0.05, 0) is 12.5 Å². The van der Waals surface area contributed by atoms with Crippen molar-refractivity contribution in [3.8, 4) is 11.1 Å². The molecule has 27 heavy (non-hydrogen) atoms. The molecule has 0 fully saturated rings. The first-order valence-corrected chi connectivity index (χ1v) is 8.53. The van der Waals surface area contributed by atoms with Crippen LogP contribution in [-0.4, -0.2) is 5.71 Å². The van der Waals surface area contributed by atoms with E-state index in [9.17, 15) is 0 Å². The van der Waals surface area contributed by atoms with Crippen LogP contribution < -0.4 is 5.32 Å². The van der Waals surface area contributed by atoms with Crippen molar-refractivity contribution in [1.29, 1.82) is 0 Å². The van der Waals surface area contributed by atoms with E-state index in [4.69, 9.17) is 4.99 Å². The third kappa shape index (κ3) is 4.64. The molecule has 0 spiro atoms. The van der Waals surface area contributed by atoms with Crippen molar-refractivity contribution in [2.24, 2.45) is 4.99 Å². The Morgan fingerprint density at radius 1 is 0.889 bits per heavy atom. The molecule has 1 aliphatic heterocycles. The third-order valence-electron chi connectivity index (χ3n) is 4.54. The smallest absolute Gasteiger partial charge is 0.0424 e. The Labute approximate surface area is 187 Å². The fraction of sp³-hybridized carbons (Fsp3) is 0.174. The molecule has 0 aliphatic carbocycles. The molecule has 140 valence electrons. The maximum Gasteiger partial charge on any atom is 0.0424 e. The van der Waals surface area contributed by atoms with E-state index >= 15 is 0 Å². The molecule has 0 amide bonds. The predicted octanol–water partition coefficient (Wildman–Crippen LogP) is 5.63. The van der Waals surface area contributed by atoms with Crippen LogP contribution in [0.15, 0.2) is 53.5 Å². The van der Waals surface area contributed by atoms with Crippen LogP contribution >= 0.6 is 0 Å². The number of aliphatic imine (C=N–C) groups is 1. The molecular weight excluding hydrogens is 593 g/mol. The molecule has 2 nitrogen and oxygen atoms in total. The van der Waals surface area contributed by atoms with E-state index in [1.807, 2.05) is 6.07 Å².